The van der Waals surface area contributed by atoms with Crippen LogP contribution in [0, 0.1) is 13.0 Å². The predicted octanol–water partition coefficient (Wildman–Crippen LogP) is 0.588. The van der Waals surface area contributed by atoms with Crippen LogP contribution in [-0.4, -0.2) is 0 Å². The van der Waals surface area contributed by atoms with Crippen LogP contribution < -0.4 is 21.2 Å². The van der Waals surface area contributed by atoms with Gasteiger partial charge in [-0.15, -0.1) is 0 Å². The van der Waals surface area contributed by atoms with Crippen molar-refractivity contribution in [3.05, 3.63) is 54.4 Å². The molecular weight excluding hydrogens is 325 g/mol. The van der Waals surface area contributed by atoms with Crippen molar-refractivity contribution in [2.45, 2.75) is 0 Å². The second-order valence-corrected chi connectivity index (χ2v) is 6.64. The minimum atomic E-state index is -0.175. The van der Waals surface area contributed by atoms with Crippen molar-refractivity contribution in [1.29, 1.82) is 0 Å². The number of hydrogen-bond donors (Lipinski definition) is 0. The van der Waals surface area contributed by atoms with E-state index in [9.17, 15) is 4.39 Å². The lowest BCUT2D eigenvalue weighted by atomic mass is 10.1. The largest absolute Gasteiger partial charge is 0.359 e. The molecule has 3 rings (SSSR count). The van der Waals surface area contributed by atoms with Gasteiger partial charge < -0.3 is 0 Å². The van der Waals surface area contributed by atoms with Crippen LogP contribution in [0.5, 0.6) is 0 Å². The van der Waals surface area contributed by atoms with Crippen LogP contribution in [0.4, 0.5) is 4.39 Å². The van der Waals surface area contributed by atoms with Crippen molar-refractivity contribution in [1.82, 2.24) is 0 Å². The summed E-state index contributed by atoms with van der Waals surface area (Å²) in [6.45, 7) is 0. The van der Waals surface area contributed by atoms with Gasteiger partial charge in [0.2, 0.25) is 7.14 Å². The molecule has 0 fully saturated rings. The van der Waals surface area contributed by atoms with E-state index in [0.29, 0.717) is 0 Å². The van der Waals surface area contributed by atoms with E-state index in [-0.39, 0.29) is 27.0 Å². The normalized spacial score (nSPS) is 12.4. The monoisotopic (exact) mass is 331 g/mol. The molecule has 0 aromatic heterocycles. The summed E-state index contributed by atoms with van der Waals surface area (Å²) in [5.74, 6) is -0.175. The Morgan fingerprint density at radius 1 is 0.933 bits per heavy atom. The molecule has 0 nitrogen and oxygen atoms in total. The van der Waals surface area contributed by atoms with Crippen LogP contribution in [0.2, 0.25) is 5.02 Å². The second kappa shape index (κ2) is 3.46. The maximum atomic E-state index is 13.1. The average Bonchev–Trinajstić information content (AvgIpc) is 2.56. The molecule has 0 saturated heterocycles. The van der Waals surface area contributed by atoms with Gasteiger partial charge in [-0.05, 0) is 36.4 Å². The Hall–Kier alpha value is -0.610. The molecule has 0 unspecified atom stereocenters. The van der Waals surface area contributed by atoms with Crippen LogP contribution in [-0.2, 0) is 0 Å². The maximum Gasteiger partial charge on any atom is 0.359 e. The van der Waals surface area contributed by atoms with Crippen molar-refractivity contribution < 1.29 is 25.6 Å². The van der Waals surface area contributed by atoms with E-state index >= 15 is 0 Å². The topological polar surface area (TPSA) is 0 Å². The SMILES string of the molecule is Fc1ccc2c(c1)-c1cc(Cl)ccc1[I+]2. The van der Waals surface area contributed by atoms with E-state index in [1.807, 2.05) is 18.2 Å². The molecule has 0 radical (unpaired) electrons. The number of benzene rings is 2. The molecule has 0 saturated carbocycles. The molecule has 2 aromatic carbocycles. The van der Waals surface area contributed by atoms with E-state index in [2.05, 4.69) is 6.07 Å². The van der Waals surface area contributed by atoms with E-state index in [0.717, 1.165) is 16.1 Å². The molecule has 0 bridgehead atoms. The van der Waals surface area contributed by atoms with Crippen molar-refractivity contribution in [3.63, 3.8) is 0 Å². The summed E-state index contributed by atoms with van der Waals surface area (Å²) < 4.78 is 15.8. The van der Waals surface area contributed by atoms with Crippen molar-refractivity contribution >= 4 is 11.6 Å². The minimum Gasteiger partial charge on any atom is -0.207 e. The molecule has 2 aromatic rings. The van der Waals surface area contributed by atoms with Crippen LogP contribution in [0.1, 0.15) is 0 Å². The highest BCUT2D eigenvalue weighted by Gasteiger charge is 2.33. The lowest BCUT2D eigenvalue weighted by molar-refractivity contribution is -0.589. The molecule has 1 heterocycles. The summed E-state index contributed by atoms with van der Waals surface area (Å²) in [6, 6.07) is 10.9. The first kappa shape index (κ1) is 9.60. The van der Waals surface area contributed by atoms with Gasteiger partial charge in [0.15, 0.2) is 0 Å². The van der Waals surface area contributed by atoms with Gasteiger partial charge in [-0.2, -0.15) is 0 Å². The summed E-state index contributed by atoms with van der Waals surface area (Å²) in [5.41, 5.74) is 2.14. The third-order valence-corrected chi connectivity index (χ3v) is 5.63. The molecule has 0 aliphatic carbocycles. The highest BCUT2D eigenvalue weighted by molar-refractivity contribution is 6.30. The van der Waals surface area contributed by atoms with E-state index in [4.69, 9.17) is 11.6 Å². The first-order valence-corrected chi connectivity index (χ1v) is 7.02. The molecule has 1 aliphatic rings. The highest BCUT2D eigenvalue weighted by atomic mass is 127. The fourth-order valence-corrected chi connectivity index (χ4v) is 4.67. The molecule has 3 heteroatoms. The predicted molar refractivity (Wildman–Crippen MR) is 54.2 cm³/mol. The van der Waals surface area contributed by atoms with Crippen molar-refractivity contribution in [3.8, 4) is 11.1 Å². The van der Waals surface area contributed by atoms with Gasteiger partial charge in [0, 0.05) is 16.1 Å². The van der Waals surface area contributed by atoms with Crippen LogP contribution in [0.25, 0.3) is 11.1 Å². The fraction of sp³-hybridized carbons (Fsp3) is 0. The van der Waals surface area contributed by atoms with Crippen LogP contribution in [0.15, 0.2) is 36.4 Å². The second-order valence-electron chi connectivity index (χ2n) is 3.34. The van der Waals surface area contributed by atoms with Gasteiger partial charge in [0.05, 0.1) is 0 Å². The molecular formula is C12H6ClFI+. The van der Waals surface area contributed by atoms with E-state index in [1.165, 1.54) is 13.2 Å². The lowest BCUT2D eigenvalue weighted by Crippen LogP contribution is -3.61. The molecule has 0 N–H and O–H groups in total. The highest BCUT2D eigenvalue weighted by Crippen LogP contribution is 2.25. The number of hydrogen-bond acceptors (Lipinski definition) is 0. The van der Waals surface area contributed by atoms with Crippen molar-refractivity contribution in [2.24, 2.45) is 0 Å². The zero-order valence-corrected chi connectivity index (χ0v) is 10.5. The lowest BCUT2D eigenvalue weighted by Gasteiger charge is -1.95. The first-order chi connectivity index (χ1) is 7.24. The van der Waals surface area contributed by atoms with E-state index < -0.39 is 0 Å². The first-order valence-electron chi connectivity index (χ1n) is 4.48. The number of fused-ring (bicyclic) bond motifs is 3. The van der Waals surface area contributed by atoms with Gasteiger partial charge in [0.1, 0.15) is 5.82 Å². The minimum absolute atomic E-state index is 0.148. The molecule has 0 spiro atoms. The summed E-state index contributed by atoms with van der Waals surface area (Å²) in [6.07, 6.45) is 0. The Kier molecular flexibility index (Phi) is 2.21. The number of rotatable bonds is 0. The fourth-order valence-electron chi connectivity index (χ4n) is 1.68. The Labute approximate surface area is 102 Å². The molecule has 0 atom stereocenters. The Morgan fingerprint density at radius 3 is 2.40 bits per heavy atom. The van der Waals surface area contributed by atoms with Crippen molar-refractivity contribution in [2.75, 3.05) is 0 Å². The standard InChI is InChI=1S/C12H6ClFI/c13-7-1-3-11-9(5-7)10-6-8(14)2-4-12(10)15-11/h1-6H/q+1. The smallest absolute Gasteiger partial charge is 0.207 e. The van der Waals surface area contributed by atoms with Gasteiger partial charge in [0.25, 0.3) is 0 Å². The molecule has 15 heavy (non-hydrogen) atoms. The zero-order chi connectivity index (χ0) is 10.4. The van der Waals surface area contributed by atoms with Gasteiger partial charge in [-0.25, -0.2) is 4.39 Å². The molecule has 0 amide bonds. The molecule has 74 valence electrons. The third kappa shape index (κ3) is 1.56. The number of halogens is 3. The Bertz CT molecular complexity index is 502. The maximum absolute atomic E-state index is 13.1. The Morgan fingerprint density at radius 2 is 1.60 bits per heavy atom. The zero-order valence-electron chi connectivity index (χ0n) is 7.60. The average molecular weight is 332 g/mol. The third-order valence-electron chi connectivity index (χ3n) is 2.35. The summed E-state index contributed by atoms with van der Waals surface area (Å²) in [5, 5.41) is 0.717. The summed E-state index contributed by atoms with van der Waals surface area (Å²) in [7, 11) is 0. The summed E-state index contributed by atoms with van der Waals surface area (Å²) >= 11 is 5.80. The summed E-state index contributed by atoms with van der Waals surface area (Å²) in [4.78, 5) is 0. The Balaban J connectivity index is 2.28. The van der Waals surface area contributed by atoms with E-state index in [1.54, 1.807) is 6.07 Å². The van der Waals surface area contributed by atoms with Crippen LogP contribution >= 0.6 is 11.6 Å². The van der Waals surface area contributed by atoms with Gasteiger partial charge in [-0.3, -0.25) is 0 Å². The molecule has 1 aliphatic heterocycles. The van der Waals surface area contributed by atoms with Gasteiger partial charge in [-0.1, -0.05) is 11.6 Å². The quantitative estimate of drug-likeness (QED) is 0.529. The van der Waals surface area contributed by atoms with Crippen LogP contribution in [0.3, 0.4) is 0 Å². The van der Waals surface area contributed by atoms with Gasteiger partial charge >= 0.3 is 21.2 Å².